The maximum Gasteiger partial charge on any atom is 0.144 e. The number of nitrogens with zero attached hydrogens (tertiary/aromatic N) is 2. The number of hydrogen-bond acceptors (Lipinski definition) is 1. The van der Waals surface area contributed by atoms with Crippen molar-refractivity contribution < 1.29 is 0 Å². The van der Waals surface area contributed by atoms with Crippen LogP contribution < -0.4 is 10.4 Å². The summed E-state index contributed by atoms with van der Waals surface area (Å²) in [7, 11) is 0. The highest BCUT2D eigenvalue weighted by Gasteiger charge is 2.19. The van der Waals surface area contributed by atoms with Gasteiger partial charge in [-0.15, -0.1) is 0 Å². The molecule has 4 aromatic rings. The predicted molar refractivity (Wildman–Crippen MR) is 119 cm³/mol. The normalized spacial score (nSPS) is 14.6. The molecule has 0 unspecified atom stereocenters. The highest BCUT2D eigenvalue weighted by atomic mass is 15.1. The zero-order valence-electron chi connectivity index (χ0n) is 16.3. The van der Waals surface area contributed by atoms with Gasteiger partial charge in [-0.1, -0.05) is 72.8 Å². The van der Waals surface area contributed by atoms with Crippen LogP contribution in [0.15, 0.2) is 79.1 Å². The Morgan fingerprint density at radius 3 is 2.55 bits per heavy atom. The Labute approximate surface area is 170 Å². The van der Waals surface area contributed by atoms with Crippen molar-refractivity contribution in [3.8, 4) is 22.5 Å². The van der Waals surface area contributed by atoms with Crippen molar-refractivity contribution in [1.82, 2.24) is 9.55 Å². The Hall–Kier alpha value is -3.39. The molecular weight excluding hydrogens is 352 g/mol. The lowest BCUT2D eigenvalue weighted by Crippen LogP contribution is -2.36. The lowest BCUT2D eigenvalue weighted by Gasteiger charge is -2.23. The van der Waals surface area contributed by atoms with Crippen LogP contribution in [0, 0.1) is 0 Å². The molecule has 0 fully saturated rings. The van der Waals surface area contributed by atoms with Gasteiger partial charge in [0.2, 0.25) is 0 Å². The van der Waals surface area contributed by atoms with Crippen molar-refractivity contribution in [3.63, 3.8) is 0 Å². The van der Waals surface area contributed by atoms with Gasteiger partial charge in [0, 0.05) is 28.9 Å². The average Bonchev–Trinajstić information content (AvgIpc) is 3.28. The van der Waals surface area contributed by atoms with E-state index in [1.807, 2.05) is 6.20 Å². The monoisotopic (exact) mass is 374 g/mol. The van der Waals surface area contributed by atoms with E-state index in [9.17, 15) is 0 Å². The number of fused-ring (bicyclic) bond motifs is 5. The summed E-state index contributed by atoms with van der Waals surface area (Å²) < 4.78 is 2.30. The summed E-state index contributed by atoms with van der Waals surface area (Å²) in [6, 6.07) is 24.0. The van der Waals surface area contributed by atoms with E-state index in [1.54, 1.807) is 0 Å². The van der Waals surface area contributed by atoms with E-state index in [1.165, 1.54) is 38.4 Å². The van der Waals surface area contributed by atoms with Gasteiger partial charge in [-0.2, -0.15) is 0 Å². The maximum absolute atomic E-state index is 4.68. The fourth-order valence-electron chi connectivity index (χ4n) is 4.99. The molecule has 2 nitrogen and oxygen atoms in total. The molecule has 0 aliphatic heterocycles. The third-order valence-electron chi connectivity index (χ3n) is 6.31. The minimum atomic E-state index is 1.02. The fraction of sp³-hybridized carbons (Fsp3) is 0.148. The second-order valence-electron chi connectivity index (χ2n) is 7.89. The molecule has 2 aliphatic carbocycles. The number of rotatable bonds is 2. The van der Waals surface area contributed by atoms with Crippen LogP contribution in [0.2, 0.25) is 0 Å². The van der Waals surface area contributed by atoms with Crippen molar-refractivity contribution in [2.45, 2.75) is 25.7 Å². The SMILES string of the molecule is C1=c2c3c(ccc2=C(n2ccnc2-c2ccccc2)CC1)-c1ccccc1CC3. The molecule has 0 N–H and O–H groups in total. The molecule has 1 heterocycles. The van der Waals surface area contributed by atoms with Gasteiger partial charge in [0.25, 0.3) is 0 Å². The number of aryl methyl sites for hydroxylation is 1. The molecule has 0 amide bonds. The van der Waals surface area contributed by atoms with E-state index in [2.05, 4.69) is 88.6 Å². The summed E-state index contributed by atoms with van der Waals surface area (Å²) >= 11 is 0. The van der Waals surface area contributed by atoms with Gasteiger partial charge in [0.15, 0.2) is 0 Å². The summed E-state index contributed by atoms with van der Waals surface area (Å²) in [5.74, 6) is 1.02. The first-order valence-corrected chi connectivity index (χ1v) is 10.4. The highest BCUT2D eigenvalue weighted by molar-refractivity contribution is 5.75. The Balaban J connectivity index is 1.60. The summed E-state index contributed by atoms with van der Waals surface area (Å²) in [6.45, 7) is 0. The third-order valence-corrected chi connectivity index (χ3v) is 6.31. The van der Waals surface area contributed by atoms with Crippen LogP contribution >= 0.6 is 0 Å². The van der Waals surface area contributed by atoms with Crippen molar-refractivity contribution in [2.75, 3.05) is 0 Å². The van der Waals surface area contributed by atoms with Gasteiger partial charge in [-0.25, -0.2) is 4.98 Å². The summed E-state index contributed by atoms with van der Waals surface area (Å²) in [6.07, 6.45) is 10.8. The fourth-order valence-corrected chi connectivity index (χ4v) is 4.99. The minimum absolute atomic E-state index is 1.02. The molecule has 0 saturated carbocycles. The zero-order chi connectivity index (χ0) is 19.2. The van der Waals surface area contributed by atoms with E-state index < -0.39 is 0 Å². The molecular formula is C27H22N2. The predicted octanol–water partition coefficient (Wildman–Crippen LogP) is 4.55. The standard InChI is InChI=1S/C27H22N2/c1-2-8-20(9-3-1)27-28-17-18-29(27)26-12-6-11-22-24-14-13-19-7-4-5-10-21(19)23(24)15-16-25(22)26/h1-5,7-11,15-18H,6,12-14H2. The van der Waals surface area contributed by atoms with Crippen LogP contribution in [0.25, 0.3) is 34.3 Å². The number of benzene rings is 3. The summed E-state index contributed by atoms with van der Waals surface area (Å²) in [5.41, 5.74) is 8.33. The second-order valence-corrected chi connectivity index (χ2v) is 7.89. The van der Waals surface area contributed by atoms with Crippen LogP contribution in [0.1, 0.15) is 24.0 Å². The van der Waals surface area contributed by atoms with Gasteiger partial charge in [-0.3, -0.25) is 0 Å². The molecule has 3 aromatic carbocycles. The van der Waals surface area contributed by atoms with Crippen molar-refractivity contribution in [3.05, 3.63) is 101 Å². The molecule has 0 atom stereocenters. The molecule has 0 radical (unpaired) electrons. The minimum Gasteiger partial charge on any atom is -0.303 e. The molecule has 0 bridgehead atoms. The van der Waals surface area contributed by atoms with Crippen LogP contribution in [0.5, 0.6) is 0 Å². The van der Waals surface area contributed by atoms with Gasteiger partial charge < -0.3 is 4.57 Å². The molecule has 6 rings (SSSR count). The molecule has 29 heavy (non-hydrogen) atoms. The van der Waals surface area contributed by atoms with Gasteiger partial charge >= 0.3 is 0 Å². The second kappa shape index (κ2) is 6.59. The van der Waals surface area contributed by atoms with Crippen LogP contribution in [-0.2, 0) is 12.8 Å². The Bertz CT molecular complexity index is 1340. The lowest BCUT2D eigenvalue weighted by atomic mass is 9.83. The zero-order valence-corrected chi connectivity index (χ0v) is 16.3. The molecule has 1 aromatic heterocycles. The van der Waals surface area contributed by atoms with Gasteiger partial charge in [-0.05, 0) is 53.2 Å². The number of aromatic nitrogens is 2. The van der Waals surface area contributed by atoms with E-state index in [0.717, 1.165) is 37.1 Å². The summed E-state index contributed by atoms with van der Waals surface area (Å²) in [4.78, 5) is 4.68. The average molecular weight is 374 g/mol. The molecule has 140 valence electrons. The maximum atomic E-state index is 4.68. The smallest absolute Gasteiger partial charge is 0.144 e. The summed E-state index contributed by atoms with van der Waals surface area (Å²) in [5, 5.41) is 2.80. The molecule has 0 spiro atoms. The number of imidazole rings is 1. The first-order chi connectivity index (χ1) is 14.4. The Morgan fingerprint density at radius 2 is 1.62 bits per heavy atom. The van der Waals surface area contributed by atoms with Crippen LogP contribution in [0.4, 0.5) is 0 Å². The van der Waals surface area contributed by atoms with E-state index >= 15 is 0 Å². The number of hydrogen-bond donors (Lipinski definition) is 0. The Kier molecular flexibility index (Phi) is 3.76. The van der Waals surface area contributed by atoms with Gasteiger partial charge in [0.1, 0.15) is 5.82 Å². The first kappa shape index (κ1) is 16.6. The highest BCUT2D eigenvalue weighted by Crippen LogP contribution is 2.31. The van der Waals surface area contributed by atoms with Crippen molar-refractivity contribution >= 4 is 11.8 Å². The Morgan fingerprint density at radius 1 is 0.759 bits per heavy atom. The topological polar surface area (TPSA) is 17.8 Å². The first-order valence-electron chi connectivity index (χ1n) is 10.4. The van der Waals surface area contributed by atoms with Crippen LogP contribution in [-0.4, -0.2) is 9.55 Å². The molecule has 0 saturated heterocycles. The van der Waals surface area contributed by atoms with E-state index in [-0.39, 0.29) is 0 Å². The largest absolute Gasteiger partial charge is 0.303 e. The van der Waals surface area contributed by atoms with Crippen molar-refractivity contribution in [2.24, 2.45) is 0 Å². The lowest BCUT2D eigenvalue weighted by molar-refractivity contribution is 0.907. The van der Waals surface area contributed by atoms with Gasteiger partial charge in [0.05, 0.1) is 0 Å². The quantitative estimate of drug-likeness (QED) is 0.503. The van der Waals surface area contributed by atoms with Crippen LogP contribution in [0.3, 0.4) is 0 Å². The van der Waals surface area contributed by atoms with E-state index in [0.29, 0.717) is 0 Å². The van der Waals surface area contributed by atoms with Crippen molar-refractivity contribution in [1.29, 1.82) is 0 Å². The third kappa shape index (κ3) is 2.60. The van der Waals surface area contributed by atoms with E-state index in [4.69, 9.17) is 0 Å². The molecule has 2 heteroatoms. The molecule has 2 aliphatic rings.